The Bertz CT molecular complexity index is 690. The van der Waals surface area contributed by atoms with Crippen molar-refractivity contribution in [1.82, 2.24) is 9.78 Å². The molecule has 0 aliphatic rings. The highest BCUT2D eigenvalue weighted by Crippen LogP contribution is 2.22. The van der Waals surface area contributed by atoms with E-state index >= 15 is 0 Å². The zero-order valence-electron chi connectivity index (χ0n) is 13.2. The van der Waals surface area contributed by atoms with E-state index in [1.165, 1.54) is 18.2 Å². The SMILES string of the molecule is CC[C@@H](C)n1nccc1NC(=O)[C@@H](C)Oc1ccc(F)c(Cl)c1. The maximum Gasteiger partial charge on any atom is 0.266 e. The van der Waals surface area contributed by atoms with Gasteiger partial charge >= 0.3 is 0 Å². The van der Waals surface area contributed by atoms with E-state index in [2.05, 4.69) is 10.4 Å². The zero-order chi connectivity index (χ0) is 17.0. The predicted octanol–water partition coefficient (Wildman–Crippen LogP) is 4.05. The Morgan fingerprint density at radius 3 is 2.83 bits per heavy atom. The van der Waals surface area contributed by atoms with E-state index in [-0.39, 0.29) is 17.0 Å². The third kappa shape index (κ3) is 4.22. The van der Waals surface area contributed by atoms with Gasteiger partial charge in [-0.25, -0.2) is 9.07 Å². The quantitative estimate of drug-likeness (QED) is 0.863. The number of carbonyl (C=O) groups is 1. The van der Waals surface area contributed by atoms with Crippen molar-refractivity contribution < 1.29 is 13.9 Å². The smallest absolute Gasteiger partial charge is 0.266 e. The van der Waals surface area contributed by atoms with Crippen LogP contribution in [0.4, 0.5) is 10.2 Å². The van der Waals surface area contributed by atoms with Crippen LogP contribution in [0.15, 0.2) is 30.5 Å². The minimum atomic E-state index is -0.767. The lowest BCUT2D eigenvalue weighted by Crippen LogP contribution is -2.31. The van der Waals surface area contributed by atoms with E-state index in [0.717, 1.165) is 6.42 Å². The number of nitrogens with one attached hydrogen (secondary N) is 1. The number of aromatic nitrogens is 2. The van der Waals surface area contributed by atoms with Gasteiger partial charge in [0.25, 0.3) is 5.91 Å². The van der Waals surface area contributed by atoms with Gasteiger partial charge in [0.2, 0.25) is 0 Å². The third-order valence-corrected chi connectivity index (χ3v) is 3.79. The van der Waals surface area contributed by atoms with Gasteiger partial charge in [-0.2, -0.15) is 5.10 Å². The summed E-state index contributed by atoms with van der Waals surface area (Å²) in [5.74, 6) is 0.0792. The molecule has 5 nitrogen and oxygen atoms in total. The molecule has 1 amide bonds. The van der Waals surface area contributed by atoms with Crippen LogP contribution in [-0.2, 0) is 4.79 Å². The van der Waals surface area contributed by atoms with Crippen LogP contribution in [0.3, 0.4) is 0 Å². The topological polar surface area (TPSA) is 56.2 Å². The highest BCUT2D eigenvalue weighted by molar-refractivity contribution is 6.30. The van der Waals surface area contributed by atoms with Crippen LogP contribution < -0.4 is 10.1 Å². The van der Waals surface area contributed by atoms with Crippen LogP contribution in [0.1, 0.15) is 33.2 Å². The molecule has 0 saturated carbocycles. The summed E-state index contributed by atoms with van der Waals surface area (Å²) in [4.78, 5) is 12.2. The average Bonchev–Trinajstić information content (AvgIpc) is 2.98. The van der Waals surface area contributed by atoms with Crippen molar-refractivity contribution in [2.75, 3.05) is 5.32 Å². The molecule has 0 saturated heterocycles. The molecule has 0 radical (unpaired) electrons. The molecule has 2 rings (SSSR count). The average molecular weight is 340 g/mol. The summed E-state index contributed by atoms with van der Waals surface area (Å²) in [6.07, 6.45) is 1.76. The molecule has 0 aliphatic carbocycles. The second-order valence-electron chi connectivity index (χ2n) is 5.24. The fraction of sp³-hybridized carbons (Fsp3) is 0.375. The van der Waals surface area contributed by atoms with Gasteiger partial charge in [-0.1, -0.05) is 18.5 Å². The van der Waals surface area contributed by atoms with Crippen molar-refractivity contribution in [3.05, 3.63) is 41.3 Å². The summed E-state index contributed by atoms with van der Waals surface area (Å²) in [6, 6.07) is 5.86. The standard InChI is InChI=1S/C16H19ClFN3O2/c1-4-10(2)21-15(7-8-19-21)20-16(22)11(3)23-12-5-6-14(18)13(17)9-12/h5-11H,4H2,1-3H3,(H,20,22)/t10-,11-/m1/s1. The number of benzene rings is 1. The molecular weight excluding hydrogens is 321 g/mol. The van der Waals surface area contributed by atoms with E-state index in [1.807, 2.05) is 13.8 Å². The Balaban J connectivity index is 2.03. The first-order valence-corrected chi connectivity index (χ1v) is 7.76. The van der Waals surface area contributed by atoms with E-state index < -0.39 is 11.9 Å². The second-order valence-corrected chi connectivity index (χ2v) is 5.65. The number of hydrogen-bond donors (Lipinski definition) is 1. The molecule has 0 aliphatic heterocycles. The lowest BCUT2D eigenvalue weighted by atomic mass is 10.3. The fourth-order valence-corrected chi connectivity index (χ4v) is 2.14. The Hall–Kier alpha value is -2.08. The lowest BCUT2D eigenvalue weighted by molar-refractivity contribution is -0.122. The first kappa shape index (κ1) is 17.3. The Labute approximate surface area is 139 Å². The van der Waals surface area contributed by atoms with Gasteiger partial charge in [0.1, 0.15) is 17.4 Å². The van der Waals surface area contributed by atoms with E-state index in [4.69, 9.17) is 16.3 Å². The molecule has 1 heterocycles. The molecule has 0 unspecified atom stereocenters. The van der Waals surface area contributed by atoms with Gasteiger partial charge in [0, 0.05) is 12.1 Å². The number of rotatable bonds is 6. The normalized spacial score (nSPS) is 13.4. The summed E-state index contributed by atoms with van der Waals surface area (Å²) >= 11 is 5.70. The van der Waals surface area contributed by atoms with E-state index in [1.54, 1.807) is 23.9 Å². The third-order valence-electron chi connectivity index (χ3n) is 3.50. The first-order valence-electron chi connectivity index (χ1n) is 7.38. The second kappa shape index (κ2) is 7.46. The van der Waals surface area contributed by atoms with Gasteiger partial charge in [0.05, 0.1) is 17.3 Å². The Morgan fingerprint density at radius 2 is 2.17 bits per heavy atom. The number of halogens is 2. The van der Waals surface area contributed by atoms with Crippen molar-refractivity contribution in [3.63, 3.8) is 0 Å². The maximum atomic E-state index is 13.1. The minimum absolute atomic E-state index is 0.0510. The summed E-state index contributed by atoms with van der Waals surface area (Å²) in [5.41, 5.74) is 0. The van der Waals surface area contributed by atoms with Crippen LogP contribution in [0.2, 0.25) is 5.02 Å². The summed E-state index contributed by atoms with van der Waals surface area (Å²) < 4.78 is 20.4. The maximum absolute atomic E-state index is 13.1. The molecule has 1 N–H and O–H groups in total. The van der Waals surface area contributed by atoms with Crippen molar-refractivity contribution in [1.29, 1.82) is 0 Å². The van der Waals surface area contributed by atoms with Crippen molar-refractivity contribution >= 4 is 23.3 Å². The van der Waals surface area contributed by atoms with Crippen LogP contribution in [-0.4, -0.2) is 21.8 Å². The minimum Gasteiger partial charge on any atom is -0.481 e. The van der Waals surface area contributed by atoms with Gasteiger partial charge in [-0.15, -0.1) is 0 Å². The number of carbonyl (C=O) groups excluding carboxylic acids is 1. The van der Waals surface area contributed by atoms with Crippen LogP contribution in [0.5, 0.6) is 5.75 Å². The molecule has 0 spiro atoms. The van der Waals surface area contributed by atoms with Gasteiger partial charge in [0.15, 0.2) is 6.10 Å². The zero-order valence-corrected chi connectivity index (χ0v) is 14.0. The van der Waals surface area contributed by atoms with Crippen molar-refractivity contribution in [2.45, 2.75) is 39.3 Å². The number of anilines is 1. The summed E-state index contributed by atoms with van der Waals surface area (Å²) in [5, 5.41) is 6.94. The Kier molecular flexibility index (Phi) is 5.60. The van der Waals surface area contributed by atoms with Gasteiger partial charge in [-0.05, 0) is 32.4 Å². The van der Waals surface area contributed by atoms with Crippen LogP contribution >= 0.6 is 11.6 Å². The number of hydrogen-bond acceptors (Lipinski definition) is 3. The molecule has 0 bridgehead atoms. The predicted molar refractivity (Wildman–Crippen MR) is 87.4 cm³/mol. The molecular formula is C16H19ClFN3O2. The Morgan fingerprint density at radius 1 is 1.43 bits per heavy atom. The highest BCUT2D eigenvalue weighted by atomic mass is 35.5. The molecule has 2 atom stereocenters. The number of amides is 1. The van der Waals surface area contributed by atoms with E-state index in [9.17, 15) is 9.18 Å². The van der Waals surface area contributed by atoms with Crippen LogP contribution in [0, 0.1) is 5.82 Å². The lowest BCUT2D eigenvalue weighted by Gasteiger charge is -2.17. The monoisotopic (exact) mass is 339 g/mol. The highest BCUT2D eigenvalue weighted by Gasteiger charge is 2.18. The summed E-state index contributed by atoms with van der Waals surface area (Å²) in [7, 11) is 0. The van der Waals surface area contributed by atoms with Crippen LogP contribution in [0.25, 0.3) is 0 Å². The molecule has 7 heteroatoms. The summed E-state index contributed by atoms with van der Waals surface area (Å²) in [6.45, 7) is 5.67. The number of ether oxygens (including phenoxy) is 1. The number of nitrogens with zero attached hydrogens (tertiary/aromatic N) is 2. The molecule has 1 aromatic carbocycles. The van der Waals surface area contributed by atoms with Gasteiger partial charge in [-0.3, -0.25) is 4.79 Å². The largest absolute Gasteiger partial charge is 0.481 e. The van der Waals surface area contributed by atoms with E-state index in [0.29, 0.717) is 11.6 Å². The molecule has 2 aromatic rings. The van der Waals surface area contributed by atoms with Crippen molar-refractivity contribution in [2.24, 2.45) is 0 Å². The molecule has 124 valence electrons. The van der Waals surface area contributed by atoms with Gasteiger partial charge < -0.3 is 10.1 Å². The first-order chi connectivity index (χ1) is 10.9. The fourth-order valence-electron chi connectivity index (χ4n) is 1.97. The molecule has 0 fully saturated rings. The molecule has 1 aromatic heterocycles. The molecule has 23 heavy (non-hydrogen) atoms. The van der Waals surface area contributed by atoms with Crippen molar-refractivity contribution in [3.8, 4) is 5.75 Å².